The van der Waals surface area contributed by atoms with Crippen molar-refractivity contribution in [3.8, 4) is 11.4 Å². The minimum absolute atomic E-state index is 0.103. The van der Waals surface area contributed by atoms with E-state index >= 15 is 0 Å². The molecule has 3 aromatic rings. The molecule has 150 valence electrons. The van der Waals surface area contributed by atoms with Crippen LogP contribution in [-0.4, -0.2) is 39.0 Å². The van der Waals surface area contributed by atoms with Gasteiger partial charge in [-0.15, -0.1) is 10.2 Å². The number of rotatable bonds is 7. The van der Waals surface area contributed by atoms with Gasteiger partial charge in [-0.05, 0) is 31.2 Å². The summed E-state index contributed by atoms with van der Waals surface area (Å²) in [6.07, 6.45) is 0. The Kier molecular flexibility index (Phi) is 6.90. The van der Waals surface area contributed by atoms with Crippen molar-refractivity contribution in [2.75, 3.05) is 17.7 Å². The standard InChI is InChI=1S/C20H19ClN4O3S/c1-3-28-19(27)14-9-5-7-11-16(14)22-17(26)12-29-20-24-23-18(25(20)2)13-8-4-6-10-15(13)21/h4-11H,3,12H2,1-2H3,(H,22,26). The lowest BCUT2D eigenvalue weighted by atomic mass is 10.2. The number of thioether (sulfide) groups is 1. The van der Waals surface area contributed by atoms with Crippen molar-refractivity contribution in [2.45, 2.75) is 12.1 Å². The van der Waals surface area contributed by atoms with Gasteiger partial charge in [0.15, 0.2) is 11.0 Å². The number of nitrogens with zero attached hydrogens (tertiary/aromatic N) is 3. The second-order valence-electron chi connectivity index (χ2n) is 5.95. The molecule has 7 nitrogen and oxygen atoms in total. The SMILES string of the molecule is CCOC(=O)c1ccccc1NC(=O)CSc1nnc(-c2ccccc2Cl)n1C. The number of carbonyl (C=O) groups excluding carboxylic acids is 2. The van der Waals surface area contributed by atoms with E-state index < -0.39 is 5.97 Å². The Bertz CT molecular complexity index is 1040. The Morgan fingerprint density at radius 3 is 2.62 bits per heavy atom. The van der Waals surface area contributed by atoms with Crippen molar-refractivity contribution in [1.82, 2.24) is 14.8 Å². The summed E-state index contributed by atoms with van der Waals surface area (Å²) in [4.78, 5) is 24.4. The first kappa shape index (κ1) is 20.9. The number of halogens is 1. The highest BCUT2D eigenvalue weighted by molar-refractivity contribution is 7.99. The lowest BCUT2D eigenvalue weighted by Crippen LogP contribution is -2.17. The first-order valence-corrected chi connectivity index (χ1v) is 10.2. The average Bonchev–Trinajstić information content (AvgIpc) is 3.07. The van der Waals surface area contributed by atoms with E-state index in [4.69, 9.17) is 16.3 Å². The topological polar surface area (TPSA) is 86.1 Å². The first-order chi connectivity index (χ1) is 14.0. The summed E-state index contributed by atoms with van der Waals surface area (Å²) in [6.45, 7) is 1.99. The second kappa shape index (κ2) is 9.58. The highest BCUT2D eigenvalue weighted by atomic mass is 35.5. The molecule has 0 saturated carbocycles. The molecule has 0 saturated heterocycles. The third-order valence-corrected chi connectivity index (χ3v) is 5.33. The van der Waals surface area contributed by atoms with Crippen LogP contribution >= 0.6 is 23.4 Å². The third kappa shape index (κ3) is 4.96. The Morgan fingerprint density at radius 2 is 1.86 bits per heavy atom. The molecule has 0 atom stereocenters. The molecule has 1 heterocycles. The molecule has 0 aliphatic rings. The summed E-state index contributed by atoms with van der Waals surface area (Å²) in [5.74, 6) is -0.0278. The number of anilines is 1. The number of amides is 1. The van der Waals surface area contributed by atoms with Crippen molar-refractivity contribution in [1.29, 1.82) is 0 Å². The zero-order chi connectivity index (χ0) is 20.8. The number of para-hydroxylation sites is 1. The van der Waals surface area contributed by atoms with E-state index in [2.05, 4.69) is 15.5 Å². The molecule has 2 aromatic carbocycles. The van der Waals surface area contributed by atoms with Gasteiger partial charge in [-0.25, -0.2) is 4.79 Å². The molecule has 1 aromatic heterocycles. The van der Waals surface area contributed by atoms with Gasteiger partial charge in [-0.1, -0.05) is 47.6 Å². The Labute approximate surface area is 177 Å². The van der Waals surface area contributed by atoms with Crippen LogP contribution in [0.2, 0.25) is 5.02 Å². The van der Waals surface area contributed by atoms with Gasteiger partial charge in [0.1, 0.15) is 0 Å². The van der Waals surface area contributed by atoms with E-state index in [1.807, 2.05) is 25.2 Å². The van der Waals surface area contributed by atoms with Crippen molar-refractivity contribution < 1.29 is 14.3 Å². The van der Waals surface area contributed by atoms with Crippen molar-refractivity contribution in [3.63, 3.8) is 0 Å². The number of hydrogen-bond donors (Lipinski definition) is 1. The second-order valence-corrected chi connectivity index (χ2v) is 7.30. The van der Waals surface area contributed by atoms with E-state index in [-0.39, 0.29) is 18.3 Å². The summed E-state index contributed by atoms with van der Waals surface area (Å²) in [6, 6.07) is 14.1. The largest absolute Gasteiger partial charge is 0.462 e. The monoisotopic (exact) mass is 430 g/mol. The number of benzene rings is 2. The smallest absolute Gasteiger partial charge is 0.340 e. The van der Waals surface area contributed by atoms with E-state index in [1.54, 1.807) is 41.8 Å². The van der Waals surface area contributed by atoms with Crippen molar-refractivity contribution in [2.24, 2.45) is 7.05 Å². The summed E-state index contributed by atoms with van der Waals surface area (Å²) < 4.78 is 6.81. The Morgan fingerprint density at radius 1 is 1.14 bits per heavy atom. The number of carbonyl (C=O) groups is 2. The first-order valence-electron chi connectivity index (χ1n) is 8.84. The van der Waals surface area contributed by atoms with E-state index in [1.165, 1.54) is 11.8 Å². The van der Waals surface area contributed by atoms with Crippen LogP contribution in [0.4, 0.5) is 5.69 Å². The lowest BCUT2D eigenvalue weighted by Gasteiger charge is -2.10. The average molecular weight is 431 g/mol. The van der Waals surface area contributed by atoms with Crippen molar-refractivity contribution >= 4 is 40.9 Å². The fraction of sp³-hybridized carbons (Fsp3) is 0.200. The predicted octanol–water partition coefficient (Wildman–Crippen LogP) is 4.04. The molecule has 9 heteroatoms. The van der Waals surface area contributed by atoms with Crippen LogP contribution in [0.3, 0.4) is 0 Å². The van der Waals surface area contributed by atoms with Gasteiger partial charge in [0.05, 0.1) is 28.6 Å². The van der Waals surface area contributed by atoms with Gasteiger partial charge in [0, 0.05) is 12.6 Å². The van der Waals surface area contributed by atoms with Crippen LogP contribution in [0.25, 0.3) is 11.4 Å². The Balaban J connectivity index is 1.67. The van der Waals surface area contributed by atoms with Crippen molar-refractivity contribution in [3.05, 3.63) is 59.1 Å². The molecule has 1 amide bonds. The summed E-state index contributed by atoms with van der Waals surface area (Å²) >= 11 is 7.47. The number of nitrogens with one attached hydrogen (secondary N) is 1. The fourth-order valence-electron chi connectivity index (χ4n) is 2.61. The number of esters is 1. The molecule has 29 heavy (non-hydrogen) atoms. The number of aromatic nitrogens is 3. The molecule has 0 aliphatic heterocycles. The maximum Gasteiger partial charge on any atom is 0.340 e. The zero-order valence-electron chi connectivity index (χ0n) is 15.9. The molecule has 1 N–H and O–H groups in total. The van der Waals surface area contributed by atoms with Gasteiger partial charge in [-0.3, -0.25) is 4.79 Å². The predicted molar refractivity (Wildman–Crippen MR) is 113 cm³/mol. The highest BCUT2D eigenvalue weighted by Gasteiger charge is 2.17. The minimum atomic E-state index is -0.478. The molecule has 0 bridgehead atoms. The maximum atomic E-state index is 12.4. The van der Waals surface area contributed by atoms with Gasteiger partial charge >= 0.3 is 5.97 Å². The summed E-state index contributed by atoms with van der Waals surface area (Å²) in [5.41, 5.74) is 1.49. The number of ether oxygens (including phenoxy) is 1. The molecule has 0 radical (unpaired) electrons. The van der Waals surface area contributed by atoms with Gasteiger partial charge in [0.2, 0.25) is 5.91 Å². The maximum absolute atomic E-state index is 12.4. The molecular formula is C20H19ClN4O3S. The molecule has 0 spiro atoms. The van der Waals surface area contributed by atoms with Gasteiger partial charge in [-0.2, -0.15) is 0 Å². The quantitative estimate of drug-likeness (QED) is 0.449. The highest BCUT2D eigenvalue weighted by Crippen LogP contribution is 2.28. The van der Waals surface area contributed by atoms with Crippen LogP contribution < -0.4 is 5.32 Å². The molecule has 3 rings (SSSR count). The van der Waals surface area contributed by atoms with E-state index in [9.17, 15) is 9.59 Å². The van der Waals surface area contributed by atoms with Crippen LogP contribution in [0.5, 0.6) is 0 Å². The fourth-order valence-corrected chi connectivity index (χ4v) is 3.54. The van der Waals surface area contributed by atoms with Crippen LogP contribution in [-0.2, 0) is 16.6 Å². The zero-order valence-corrected chi connectivity index (χ0v) is 17.5. The lowest BCUT2D eigenvalue weighted by molar-refractivity contribution is -0.113. The summed E-state index contributed by atoms with van der Waals surface area (Å²) in [7, 11) is 1.81. The number of hydrogen-bond acceptors (Lipinski definition) is 6. The summed E-state index contributed by atoms with van der Waals surface area (Å²) in [5, 5.41) is 12.2. The van der Waals surface area contributed by atoms with Crippen LogP contribution in [0.1, 0.15) is 17.3 Å². The Hall–Kier alpha value is -2.84. The molecule has 0 fully saturated rings. The molecule has 0 unspecified atom stereocenters. The minimum Gasteiger partial charge on any atom is -0.462 e. The van der Waals surface area contributed by atoms with Crippen LogP contribution in [0.15, 0.2) is 53.7 Å². The third-order valence-electron chi connectivity index (χ3n) is 3.98. The van der Waals surface area contributed by atoms with E-state index in [0.29, 0.717) is 27.3 Å². The normalized spacial score (nSPS) is 10.6. The van der Waals surface area contributed by atoms with Gasteiger partial charge < -0.3 is 14.6 Å². The molecule has 0 aliphatic carbocycles. The van der Waals surface area contributed by atoms with Gasteiger partial charge in [0.25, 0.3) is 0 Å². The molecular weight excluding hydrogens is 412 g/mol. The van der Waals surface area contributed by atoms with Crippen LogP contribution in [0, 0.1) is 0 Å². The van der Waals surface area contributed by atoms with E-state index in [0.717, 1.165) is 5.56 Å².